The molecule has 1 heterocycles. The maximum atomic E-state index is 14.9. The molecule has 2 aliphatic carbocycles. The largest absolute Gasteiger partial charge is 0.390 e. The second-order valence-electron chi connectivity index (χ2n) is 9.71. The molecule has 0 fully saturated rings. The molecule has 0 radical (unpaired) electrons. The third kappa shape index (κ3) is 4.21. The van der Waals surface area contributed by atoms with Crippen LogP contribution in [0.15, 0.2) is 66.7 Å². The fourth-order valence-electron chi connectivity index (χ4n) is 5.71. The summed E-state index contributed by atoms with van der Waals surface area (Å²) in [5, 5.41) is 18.1. The van der Waals surface area contributed by atoms with Crippen LogP contribution in [0.25, 0.3) is 5.69 Å². The molecular weight excluding hydrogens is 479 g/mol. The number of nitrogens with one attached hydrogen (secondary N) is 1. The van der Waals surface area contributed by atoms with Crippen molar-refractivity contribution in [3.8, 4) is 5.69 Å². The highest BCUT2D eigenvalue weighted by atomic mass is 19.1. The van der Waals surface area contributed by atoms with Gasteiger partial charge in [-0.05, 0) is 60.2 Å². The summed E-state index contributed by atoms with van der Waals surface area (Å²) in [6, 6.07) is 16.5. The van der Waals surface area contributed by atoms with Crippen molar-refractivity contribution in [3.05, 3.63) is 118 Å². The molecule has 2 aliphatic rings. The lowest BCUT2D eigenvalue weighted by Crippen LogP contribution is -2.34. The lowest BCUT2D eigenvalue weighted by Gasteiger charge is -2.17. The maximum absolute atomic E-state index is 14.9. The van der Waals surface area contributed by atoms with Gasteiger partial charge in [-0.15, -0.1) is 0 Å². The minimum atomic E-state index is -0.797. The van der Waals surface area contributed by atoms with E-state index in [0.29, 0.717) is 36.9 Å². The Labute approximate surface area is 211 Å². The molecule has 0 saturated carbocycles. The SMILES string of the molecule is O=C(N[C@@H]1c2ccccc2C[C@@H]1O)c1nn(-c2ccc(F)cc2F)c2c1CCC2Cc1cccc(F)c1. The summed E-state index contributed by atoms with van der Waals surface area (Å²) in [6.45, 7) is 0. The molecule has 0 saturated heterocycles. The maximum Gasteiger partial charge on any atom is 0.272 e. The number of hydrogen-bond donors (Lipinski definition) is 2. The van der Waals surface area contributed by atoms with Gasteiger partial charge >= 0.3 is 0 Å². The molecule has 3 atom stereocenters. The Balaban J connectivity index is 1.39. The fraction of sp³-hybridized carbons (Fsp3) is 0.241. The van der Waals surface area contributed by atoms with Gasteiger partial charge in [-0.1, -0.05) is 36.4 Å². The van der Waals surface area contributed by atoms with Crippen LogP contribution in [0.5, 0.6) is 0 Å². The molecule has 0 aliphatic heterocycles. The molecular formula is C29H24F3N3O2. The summed E-state index contributed by atoms with van der Waals surface area (Å²) in [6.07, 6.45) is 1.35. The van der Waals surface area contributed by atoms with Gasteiger partial charge in [0.05, 0.1) is 17.8 Å². The van der Waals surface area contributed by atoms with Crippen LogP contribution in [-0.4, -0.2) is 26.9 Å². The number of aromatic nitrogens is 2. The number of amides is 1. The van der Waals surface area contributed by atoms with Gasteiger partial charge in [-0.25, -0.2) is 17.9 Å². The Hall–Kier alpha value is -3.91. The molecule has 3 aromatic carbocycles. The van der Waals surface area contributed by atoms with E-state index in [1.165, 1.54) is 22.9 Å². The van der Waals surface area contributed by atoms with Crippen LogP contribution in [0.3, 0.4) is 0 Å². The predicted octanol–water partition coefficient (Wildman–Crippen LogP) is 4.95. The molecule has 5 nitrogen and oxygen atoms in total. The van der Waals surface area contributed by atoms with E-state index < -0.39 is 29.7 Å². The van der Waals surface area contributed by atoms with Gasteiger partial charge in [0, 0.05) is 24.0 Å². The van der Waals surface area contributed by atoms with Gasteiger partial charge in [-0.2, -0.15) is 5.10 Å². The van der Waals surface area contributed by atoms with Crippen LogP contribution in [-0.2, 0) is 19.3 Å². The fourth-order valence-corrected chi connectivity index (χ4v) is 5.71. The summed E-state index contributed by atoms with van der Waals surface area (Å²) >= 11 is 0. The Bertz CT molecular complexity index is 1520. The number of carbonyl (C=O) groups is 1. The second-order valence-corrected chi connectivity index (χ2v) is 9.71. The first-order valence-corrected chi connectivity index (χ1v) is 12.3. The van der Waals surface area contributed by atoms with E-state index in [2.05, 4.69) is 10.4 Å². The third-order valence-corrected chi connectivity index (χ3v) is 7.37. The van der Waals surface area contributed by atoms with E-state index in [4.69, 9.17) is 0 Å². The average Bonchev–Trinajstić information content (AvgIpc) is 3.53. The third-order valence-electron chi connectivity index (χ3n) is 7.37. The van der Waals surface area contributed by atoms with Crippen molar-refractivity contribution in [1.82, 2.24) is 15.1 Å². The summed E-state index contributed by atoms with van der Waals surface area (Å²) in [5.41, 5.74) is 4.14. The normalized spacial score (nSPS) is 20.1. The molecule has 2 N–H and O–H groups in total. The van der Waals surface area contributed by atoms with Crippen LogP contribution >= 0.6 is 0 Å². The predicted molar refractivity (Wildman–Crippen MR) is 131 cm³/mol. The van der Waals surface area contributed by atoms with Crippen LogP contribution in [0, 0.1) is 17.5 Å². The van der Waals surface area contributed by atoms with Crippen LogP contribution < -0.4 is 5.32 Å². The van der Waals surface area contributed by atoms with Crippen molar-refractivity contribution >= 4 is 5.91 Å². The number of hydrogen-bond acceptors (Lipinski definition) is 3. The van der Waals surface area contributed by atoms with Crippen LogP contribution in [0.1, 0.15) is 56.8 Å². The zero-order valence-corrected chi connectivity index (χ0v) is 19.8. The molecule has 4 aromatic rings. The highest BCUT2D eigenvalue weighted by Gasteiger charge is 2.37. The number of aliphatic hydroxyl groups is 1. The summed E-state index contributed by atoms with van der Waals surface area (Å²) < 4.78 is 43.8. The Morgan fingerprint density at radius 3 is 2.65 bits per heavy atom. The van der Waals surface area contributed by atoms with Gasteiger partial charge in [0.2, 0.25) is 0 Å². The molecule has 1 aromatic heterocycles. The standard InChI is InChI=1S/C29H24F3N3O2/c30-19-6-3-4-16(13-19)12-18-8-10-22-27(34-35(28(18)22)24-11-9-20(31)15-23(24)32)29(37)33-26-21-7-2-1-5-17(21)14-25(26)36/h1-7,9,11,13,15,18,25-26,36H,8,10,12,14H2,(H,33,37)/t18?,25-,26+/m0/s1. The summed E-state index contributed by atoms with van der Waals surface area (Å²) in [7, 11) is 0. The molecule has 37 heavy (non-hydrogen) atoms. The highest BCUT2D eigenvalue weighted by molar-refractivity contribution is 5.94. The Kier molecular flexibility index (Phi) is 5.83. The molecule has 1 amide bonds. The average molecular weight is 504 g/mol. The van der Waals surface area contributed by atoms with E-state index in [1.807, 2.05) is 30.3 Å². The van der Waals surface area contributed by atoms with Gasteiger partial charge in [-0.3, -0.25) is 4.79 Å². The summed E-state index contributed by atoms with van der Waals surface area (Å²) in [4.78, 5) is 13.5. The van der Waals surface area contributed by atoms with Crippen molar-refractivity contribution in [3.63, 3.8) is 0 Å². The van der Waals surface area contributed by atoms with Crippen molar-refractivity contribution in [2.75, 3.05) is 0 Å². The zero-order chi connectivity index (χ0) is 25.7. The van der Waals surface area contributed by atoms with Gasteiger partial charge < -0.3 is 10.4 Å². The molecule has 1 unspecified atom stereocenters. The first kappa shape index (κ1) is 23.5. The van der Waals surface area contributed by atoms with E-state index in [-0.39, 0.29) is 23.1 Å². The van der Waals surface area contributed by atoms with Crippen molar-refractivity contribution in [2.45, 2.75) is 43.7 Å². The molecule has 188 valence electrons. The van der Waals surface area contributed by atoms with Crippen molar-refractivity contribution < 1.29 is 23.1 Å². The second kappa shape index (κ2) is 9.19. The number of rotatable bonds is 5. The zero-order valence-electron chi connectivity index (χ0n) is 19.8. The lowest BCUT2D eigenvalue weighted by molar-refractivity contribution is 0.0852. The first-order chi connectivity index (χ1) is 17.9. The number of fused-ring (bicyclic) bond motifs is 2. The van der Waals surface area contributed by atoms with Crippen molar-refractivity contribution in [2.24, 2.45) is 0 Å². The Morgan fingerprint density at radius 1 is 1.03 bits per heavy atom. The number of halogens is 3. The molecule has 0 bridgehead atoms. The first-order valence-electron chi connectivity index (χ1n) is 12.3. The van der Waals surface area contributed by atoms with E-state index >= 15 is 0 Å². The topological polar surface area (TPSA) is 67.2 Å². The minimum Gasteiger partial charge on any atom is -0.390 e. The van der Waals surface area contributed by atoms with Crippen LogP contribution in [0.2, 0.25) is 0 Å². The van der Waals surface area contributed by atoms with Gasteiger partial charge in [0.1, 0.15) is 17.3 Å². The molecule has 8 heteroatoms. The smallest absolute Gasteiger partial charge is 0.272 e. The lowest BCUT2D eigenvalue weighted by atomic mass is 9.97. The van der Waals surface area contributed by atoms with Crippen LogP contribution in [0.4, 0.5) is 13.2 Å². The molecule has 6 rings (SSSR count). The number of aliphatic hydroxyl groups excluding tert-OH is 1. The minimum absolute atomic E-state index is 0.0362. The van der Waals surface area contributed by atoms with Gasteiger partial charge in [0.25, 0.3) is 5.91 Å². The quantitative estimate of drug-likeness (QED) is 0.405. The number of carbonyl (C=O) groups excluding carboxylic acids is 1. The Morgan fingerprint density at radius 2 is 1.84 bits per heavy atom. The van der Waals surface area contributed by atoms with Gasteiger partial charge in [0.15, 0.2) is 11.5 Å². The van der Waals surface area contributed by atoms with Crippen molar-refractivity contribution in [1.29, 1.82) is 0 Å². The van der Waals surface area contributed by atoms with E-state index in [9.17, 15) is 23.1 Å². The van der Waals surface area contributed by atoms with E-state index in [1.54, 1.807) is 6.07 Å². The number of benzene rings is 3. The summed E-state index contributed by atoms with van der Waals surface area (Å²) in [5.74, 6) is -2.47. The molecule has 0 spiro atoms. The van der Waals surface area contributed by atoms with E-state index in [0.717, 1.165) is 28.8 Å². The number of nitrogens with zero attached hydrogens (tertiary/aromatic N) is 2. The highest BCUT2D eigenvalue weighted by Crippen LogP contribution is 2.40. The monoisotopic (exact) mass is 503 g/mol.